The lowest BCUT2D eigenvalue weighted by molar-refractivity contribution is 0.103. The van der Waals surface area contributed by atoms with Gasteiger partial charge in [0.05, 0.1) is 11.6 Å². The summed E-state index contributed by atoms with van der Waals surface area (Å²) in [5.74, 6) is 0.541. The number of hydrogen-bond donors (Lipinski definition) is 1. The van der Waals surface area contributed by atoms with Gasteiger partial charge in [0.1, 0.15) is 10.6 Å². The van der Waals surface area contributed by atoms with Crippen LogP contribution in [0.4, 0.5) is 5.69 Å². The Labute approximate surface area is 125 Å². The van der Waals surface area contributed by atoms with Gasteiger partial charge in [0.2, 0.25) is 0 Å². The van der Waals surface area contributed by atoms with Crippen molar-refractivity contribution in [1.29, 1.82) is 0 Å². The maximum atomic E-state index is 12.0. The van der Waals surface area contributed by atoms with Gasteiger partial charge >= 0.3 is 0 Å². The van der Waals surface area contributed by atoms with E-state index in [0.717, 1.165) is 8.95 Å². The van der Waals surface area contributed by atoms with Gasteiger partial charge in [-0.05, 0) is 55.4 Å². The average molecular weight is 391 g/mol. The third kappa shape index (κ3) is 2.93. The number of methoxy groups -OCH3 is 1. The van der Waals surface area contributed by atoms with Crippen LogP contribution in [0.5, 0.6) is 5.75 Å². The van der Waals surface area contributed by atoms with Crippen LogP contribution in [0.2, 0.25) is 0 Å². The summed E-state index contributed by atoms with van der Waals surface area (Å²) < 4.78 is 6.82. The summed E-state index contributed by atoms with van der Waals surface area (Å²) in [6.07, 6.45) is 0. The smallest absolute Gasteiger partial charge is 0.266 e. The van der Waals surface area contributed by atoms with E-state index in [2.05, 4.69) is 37.2 Å². The summed E-state index contributed by atoms with van der Waals surface area (Å²) in [6, 6.07) is 7.26. The minimum atomic E-state index is -0.138. The molecule has 94 valence electrons. The number of hydrogen-bond acceptors (Lipinski definition) is 3. The number of carbonyl (C=O) groups is 1. The van der Waals surface area contributed by atoms with Crippen LogP contribution in [0, 0.1) is 0 Å². The predicted octanol–water partition coefficient (Wildman–Crippen LogP) is 4.53. The largest absolute Gasteiger partial charge is 0.495 e. The SMILES string of the molecule is COc1cc(NC(=O)c2sccc2Br)ccc1Br. The first-order valence-electron chi connectivity index (χ1n) is 4.99. The molecule has 1 aromatic carbocycles. The van der Waals surface area contributed by atoms with Crippen molar-refractivity contribution in [2.45, 2.75) is 0 Å². The Morgan fingerprint density at radius 1 is 1.28 bits per heavy atom. The molecule has 2 rings (SSSR count). The molecule has 1 N–H and O–H groups in total. The van der Waals surface area contributed by atoms with Crippen molar-refractivity contribution in [2.75, 3.05) is 12.4 Å². The number of benzene rings is 1. The summed E-state index contributed by atoms with van der Waals surface area (Å²) >= 11 is 8.09. The lowest BCUT2D eigenvalue weighted by atomic mass is 10.3. The molecule has 1 amide bonds. The van der Waals surface area contributed by atoms with Gasteiger partial charge in [-0.3, -0.25) is 4.79 Å². The molecule has 0 saturated heterocycles. The van der Waals surface area contributed by atoms with Crippen LogP contribution in [0.15, 0.2) is 38.6 Å². The molecule has 1 aromatic heterocycles. The molecule has 0 radical (unpaired) electrons. The van der Waals surface area contributed by atoms with Gasteiger partial charge in [-0.2, -0.15) is 0 Å². The number of carbonyl (C=O) groups excluding carboxylic acids is 1. The van der Waals surface area contributed by atoms with Crippen LogP contribution < -0.4 is 10.1 Å². The first kappa shape index (κ1) is 13.6. The molecule has 18 heavy (non-hydrogen) atoms. The third-order valence-corrected chi connectivity index (χ3v) is 4.72. The van der Waals surface area contributed by atoms with E-state index in [1.54, 1.807) is 13.2 Å². The molecular weight excluding hydrogens is 382 g/mol. The van der Waals surface area contributed by atoms with Crippen molar-refractivity contribution < 1.29 is 9.53 Å². The van der Waals surface area contributed by atoms with Crippen molar-refractivity contribution >= 4 is 54.8 Å². The monoisotopic (exact) mass is 389 g/mol. The summed E-state index contributed by atoms with van der Waals surface area (Å²) in [5, 5.41) is 4.69. The topological polar surface area (TPSA) is 38.3 Å². The maximum Gasteiger partial charge on any atom is 0.266 e. The highest BCUT2D eigenvalue weighted by Crippen LogP contribution is 2.29. The van der Waals surface area contributed by atoms with E-state index >= 15 is 0 Å². The van der Waals surface area contributed by atoms with Crippen LogP contribution in [0.1, 0.15) is 9.67 Å². The van der Waals surface area contributed by atoms with Crippen molar-refractivity contribution in [3.8, 4) is 5.75 Å². The molecule has 0 aliphatic rings. The van der Waals surface area contributed by atoms with Crippen molar-refractivity contribution in [3.63, 3.8) is 0 Å². The minimum absolute atomic E-state index is 0.138. The van der Waals surface area contributed by atoms with Gasteiger partial charge in [-0.1, -0.05) is 0 Å². The normalized spacial score (nSPS) is 10.2. The number of anilines is 1. The number of thiophene rings is 1. The summed E-state index contributed by atoms with van der Waals surface area (Å²) in [5.41, 5.74) is 0.695. The molecule has 0 bridgehead atoms. The Morgan fingerprint density at radius 3 is 2.67 bits per heavy atom. The van der Waals surface area contributed by atoms with Gasteiger partial charge in [-0.15, -0.1) is 11.3 Å². The molecule has 0 unspecified atom stereocenters. The molecule has 0 aliphatic heterocycles. The molecule has 1 heterocycles. The van der Waals surface area contributed by atoms with E-state index in [1.165, 1.54) is 11.3 Å². The third-order valence-electron chi connectivity index (χ3n) is 2.23. The standard InChI is InChI=1S/C12H9Br2NO2S/c1-17-10-6-7(2-3-8(10)13)15-12(16)11-9(14)4-5-18-11/h2-6H,1H3,(H,15,16). The van der Waals surface area contributed by atoms with Crippen molar-refractivity contribution in [2.24, 2.45) is 0 Å². The molecule has 0 aliphatic carbocycles. The highest BCUT2D eigenvalue weighted by molar-refractivity contribution is 9.11. The number of ether oxygens (including phenoxy) is 1. The lowest BCUT2D eigenvalue weighted by Crippen LogP contribution is -2.10. The van der Waals surface area contributed by atoms with Gasteiger partial charge in [-0.25, -0.2) is 0 Å². The van der Waals surface area contributed by atoms with Crippen LogP contribution >= 0.6 is 43.2 Å². The zero-order valence-electron chi connectivity index (χ0n) is 9.37. The fourth-order valence-electron chi connectivity index (χ4n) is 1.38. The quantitative estimate of drug-likeness (QED) is 0.835. The molecule has 0 spiro atoms. The Bertz CT molecular complexity index is 583. The molecule has 0 saturated carbocycles. The Kier molecular flexibility index (Phi) is 4.42. The van der Waals surface area contributed by atoms with Crippen LogP contribution in [-0.4, -0.2) is 13.0 Å². The molecule has 3 nitrogen and oxygen atoms in total. The summed E-state index contributed by atoms with van der Waals surface area (Å²) in [4.78, 5) is 12.6. The highest BCUT2D eigenvalue weighted by atomic mass is 79.9. The average Bonchev–Trinajstić information content (AvgIpc) is 2.78. The number of amides is 1. The zero-order chi connectivity index (χ0) is 13.1. The molecule has 6 heteroatoms. The van der Waals surface area contributed by atoms with Gasteiger partial charge in [0, 0.05) is 16.2 Å². The second kappa shape index (κ2) is 5.86. The first-order valence-corrected chi connectivity index (χ1v) is 7.46. The number of halogens is 2. The van der Waals surface area contributed by atoms with Gasteiger partial charge in [0.15, 0.2) is 0 Å². The van der Waals surface area contributed by atoms with Crippen molar-refractivity contribution in [3.05, 3.63) is 43.5 Å². The van der Waals surface area contributed by atoms with Crippen LogP contribution in [-0.2, 0) is 0 Å². The number of rotatable bonds is 3. The fraction of sp³-hybridized carbons (Fsp3) is 0.0833. The van der Waals surface area contributed by atoms with Crippen LogP contribution in [0.3, 0.4) is 0 Å². The van der Waals surface area contributed by atoms with Gasteiger partial charge in [0.25, 0.3) is 5.91 Å². The number of nitrogens with one attached hydrogen (secondary N) is 1. The minimum Gasteiger partial charge on any atom is -0.495 e. The fourth-order valence-corrected chi connectivity index (χ4v) is 3.24. The molecular formula is C12H9Br2NO2S. The van der Waals surface area contributed by atoms with E-state index in [1.807, 2.05) is 23.6 Å². The van der Waals surface area contributed by atoms with E-state index < -0.39 is 0 Å². The lowest BCUT2D eigenvalue weighted by Gasteiger charge is -2.08. The van der Waals surface area contributed by atoms with E-state index in [0.29, 0.717) is 16.3 Å². The zero-order valence-corrected chi connectivity index (χ0v) is 13.4. The van der Waals surface area contributed by atoms with Crippen molar-refractivity contribution in [1.82, 2.24) is 0 Å². The summed E-state index contributed by atoms with van der Waals surface area (Å²) in [7, 11) is 1.58. The maximum absolute atomic E-state index is 12.0. The summed E-state index contributed by atoms with van der Waals surface area (Å²) in [6.45, 7) is 0. The molecule has 2 aromatic rings. The molecule has 0 fully saturated rings. The van der Waals surface area contributed by atoms with E-state index in [-0.39, 0.29) is 5.91 Å². The molecule has 0 atom stereocenters. The highest BCUT2D eigenvalue weighted by Gasteiger charge is 2.12. The Morgan fingerprint density at radius 2 is 2.06 bits per heavy atom. The second-order valence-electron chi connectivity index (χ2n) is 3.40. The van der Waals surface area contributed by atoms with Gasteiger partial charge < -0.3 is 10.1 Å². The Hall–Kier alpha value is -0.850. The predicted molar refractivity (Wildman–Crippen MR) is 80.7 cm³/mol. The second-order valence-corrected chi connectivity index (χ2v) is 6.03. The Balaban J connectivity index is 2.20. The van der Waals surface area contributed by atoms with E-state index in [4.69, 9.17) is 4.74 Å². The first-order chi connectivity index (χ1) is 8.61. The van der Waals surface area contributed by atoms with E-state index in [9.17, 15) is 4.79 Å². The van der Waals surface area contributed by atoms with Crippen LogP contribution in [0.25, 0.3) is 0 Å².